The molecular weight excluding hydrogens is 374 g/mol. The lowest BCUT2D eigenvalue weighted by Gasteiger charge is -2.40. The van der Waals surface area contributed by atoms with Gasteiger partial charge in [0, 0.05) is 12.0 Å². The molecule has 7 nitrogen and oxygen atoms in total. The molecule has 0 saturated heterocycles. The summed E-state index contributed by atoms with van der Waals surface area (Å²) in [7, 11) is 1.19. The van der Waals surface area contributed by atoms with Gasteiger partial charge in [0.15, 0.2) is 6.04 Å². The van der Waals surface area contributed by atoms with Crippen LogP contribution in [0.15, 0.2) is 29.8 Å². The molecule has 0 radical (unpaired) electrons. The number of rotatable bonds is 7. The summed E-state index contributed by atoms with van der Waals surface area (Å²) in [5.41, 5.74) is 1.54. The van der Waals surface area contributed by atoms with Gasteiger partial charge in [-0.3, -0.25) is 4.79 Å². The quantitative estimate of drug-likeness (QED) is 0.474. The van der Waals surface area contributed by atoms with E-state index in [0.29, 0.717) is 24.2 Å². The first-order chi connectivity index (χ1) is 13.6. The number of carbonyl (C=O) groups excluding carboxylic acids is 2. The van der Waals surface area contributed by atoms with Gasteiger partial charge < -0.3 is 25.0 Å². The van der Waals surface area contributed by atoms with Crippen molar-refractivity contribution >= 4 is 11.9 Å². The van der Waals surface area contributed by atoms with Gasteiger partial charge in [0.25, 0.3) is 5.91 Å². The standard InChI is InChI=1S/C22H31NO6/c1-13(2)7-6-10-22(4)18(25)12-16-11-15(8-9-17(16)29-22)20(26)23-19(14(3)24)21(27)28-5/h7-9,11,14,18-19,24-25H,6,10,12H2,1-5H3,(H,23,26)/t14-,18+,19+,22-/m1/s1. The van der Waals surface area contributed by atoms with Gasteiger partial charge in [-0.25, -0.2) is 4.79 Å². The van der Waals surface area contributed by atoms with E-state index in [0.717, 1.165) is 12.0 Å². The van der Waals surface area contributed by atoms with Crippen LogP contribution in [0, 0.1) is 0 Å². The maximum Gasteiger partial charge on any atom is 0.331 e. The van der Waals surface area contributed by atoms with Crippen LogP contribution in [0.1, 0.15) is 56.5 Å². The fourth-order valence-corrected chi connectivity index (χ4v) is 3.32. The van der Waals surface area contributed by atoms with E-state index in [2.05, 4.69) is 16.1 Å². The van der Waals surface area contributed by atoms with Gasteiger partial charge in [0.1, 0.15) is 11.4 Å². The zero-order valence-corrected chi connectivity index (χ0v) is 17.7. The fourth-order valence-electron chi connectivity index (χ4n) is 3.32. The van der Waals surface area contributed by atoms with Crippen LogP contribution in [0.25, 0.3) is 0 Å². The molecule has 0 bridgehead atoms. The van der Waals surface area contributed by atoms with Crippen LogP contribution in [0.4, 0.5) is 0 Å². The Labute approximate surface area is 171 Å². The molecule has 0 aliphatic carbocycles. The third kappa shape index (κ3) is 5.58. The highest BCUT2D eigenvalue weighted by atomic mass is 16.5. The summed E-state index contributed by atoms with van der Waals surface area (Å²) in [6, 6.07) is 3.77. The van der Waals surface area contributed by atoms with E-state index in [4.69, 9.17) is 4.74 Å². The first-order valence-electron chi connectivity index (χ1n) is 9.77. The third-order valence-electron chi connectivity index (χ3n) is 5.20. The number of carbonyl (C=O) groups is 2. The minimum absolute atomic E-state index is 0.308. The summed E-state index contributed by atoms with van der Waals surface area (Å²) < 4.78 is 10.7. The molecular formula is C22H31NO6. The Bertz CT molecular complexity index is 784. The molecule has 1 aromatic rings. The van der Waals surface area contributed by atoms with Crippen molar-refractivity contribution in [1.82, 2.24) is 5.32 Å². The SMILES string of the molecule is COC(=O)[C@@H](NC(=O)c1ccc2c(c1)C[C@H](O)[C@@](C)(CCC=C(C)C)O2)[C@@H](C)O. The number of esters is 1. The molecule has 0 saturated carbocycles. The van der Waals surface area contributed by atoms with Crippen LogP contribution in [-0.2, 0) is 16.0 Å². The Morgan fingerprint density at radius 2 is 2.10 bits per heavy atom. The molecule has 1 amide bonds. The summed E-state index contributed by atoms with van der Waals surface area (Å²) in [5, 5.41) is 22.9. The Kier molecular flexibility index (Phi) is 7.43. The lowest BCUT2D eigenvalue weighted by Crippen LogP contribution is -2.49. The van der Waals surface area contributed by atoms with Gasteiger partial charge in [0.05, 0.1) is 19.3 Å². The van der Waals surface area contributed by atoms with E-state index in [9.17, 15) is 19.8 Å². The molecule has 0 aromatic heterocycles. The molecule has 1 aliphatic rings. The predicted molar refractivity (Wildman–Crippen MR) is 109 cm³/mol. The predicted octanol–water partition coefficient (Wildman–Crippen LogP) is 2.14. The van der Waals surface area contributed by atoms with E-state index < -0.39 is 35.7 Å². The zero-order chi connectivity index (χ0) is 21.8. The topological polar surface area (TPSA) is 105 Å². The number of allylic oxidation sites excluding steroid dienone is 2. The monoisotopic (exact) mass is 405 g/mol. The van der Waals surface area contributed by atoms with Crippen molar-refractivity contribution in [2.75, 3.05) is 7.11 Å². The number of methoxy groups -OCH3 is 1. The maximum atomic E-state index is 12.5. The number of amides is 1. The highest BCUT2D eigenvalue weighted by Gasteiger charge is 2.39. The lowest BCUT2D eigenvalue weighted by molar-refractivity contribution is -0.145. The van der Waals surface area contributed by atoms with E-state index in [1.807, 2.05) is 20.8 Å². The molecule has 3 N–H and O–H groups in total. The van der Waals surface area contributed by atoms with Gasteiger partial charge >= 0.3 is 5.97 Å². The zero-order valence-electron chi connectivity index (χ0n) is 17.7. The lowest BCUT2D eigenvalue weighted by atomic mass is 9.85. The summed E-state index contributed by atoms with van der Waals surface area (Å²) in [6.45, 7) is 7.36. The molecule has 7 heteroatoms. The second-order valence-corrected chi connectivity index (χ2v) is 7.99. The summed E-state index contributed by atoms with van der Waals surface area (Å²) in [4.78, 5) is 24.3. The van der Waals surface area contributed by atoms with Crippen LogP contribution in [0.3, 0.4) is 0 Å². The number of hydrogen-bond acceptors (Lipinski definition) is 6. The maximum absolute atomic E-state index is 12.5. The summed E-state index contributed by atoms with van der Waals surface area (Å²) >= 11 is 0. The van der Waals surface area contributed by atoms with Crippen molar-refractivity contribution < 1.29 is 29.3 Å². The largest absolute Gasteiger partial charge is 0.485 e. The molecule has 29 heavy (non-hydrogen) atoms. The van der Waals surface area contributed by atoms with Gasteiger partial charge in [-0.1, -0.05) is 11.6 Å². The van der Waals surface area contributed by atoms with Crippen LogP contribution in [-0.4, -0.2) is 53.1 Å². The van der Waals surface area contributed by atoms with Crippen molar-refractivity contribution in [2.24, 2.45) is 0 Å². The number of benzene rings is 1. The second kappa shape index (κ2) is 9.41. The Morgan fingerprint density at radius 1 is 1.41 bits per heavy atom. The molecule has 160 valence electrons. The molecule has 0 spiro atoms. The molecule has 2 rings (SSSR count). The fraction of sp³-hybridized carbons (Fsp3) is 0.545. The van der Waals surface area contributed by atoms with Crippen molar-refractivity contribution in [2.45, 2.75) is 70.8 Å². The van der Waals surface area contributed by atoms with Gasteiger partial charge in [-0.2, -0.15) is 0 Å². The normalized spacial score (nSPS) is 22.5. The van der Waals surface area contributed by atoms with Crippen LogP contribution >= 0.6 is 0 Å². The number of nitrogens with one attached hydrogen (secondary N) is 1. The Hall–Kier alpha value is -2.38. The molecule has 1 aromatic carbocycles. The summed E-state index contributed by atoms with van der Waals surface area (Å²) in [5.74, 6) is -0.612. The third-order valence-corrected chi connectivity index (χ3v) is 5.20. The average molecular weight is 405 g/mol. The summed E-state index contributed by atoms with van der Waals surface area (Å²) in [6.07, 6.45) is 2.15. The number of ether oxygens (including phenoxy) is 2. The Balaban J connectivity index is 2.16. The smallest absolute Gasteiger partial charge is 0.331 e. The molecule has 4 atom stereocenters. The average Bonchev–Trinajstić information content (AvgIpc) is 2.65. The van der Waals surface area contributed by atoms with E-state index >= 15 is 0 Å². The number of fused-ring (bicyclic) bond motifs is 1. The Morgan fingerprint density at radius 3 is 2.69 bits per heavy atom. The van der Waals surface area contributed by atoms with Gasteiger partial charge in [-0.15, -0.1) is 0 Å². The van der Waals surface area contributed by atoms with Crippen molar-refractivity contribution in [3.63, 3.8) is 0 Å². The number of hydrogen-bond donors (Lipinski definition) is 3. The molecule has 1 heterocycles. The highest BCUT2D eigenvalue weighted by Crippen LogP contribution is 2.36. The van der Waals surface area contributed by atoms with E-state index in [1.165, 1.54) is 19.6 Å². The van der Waals surface area contributed by atoms with Crippen molar-refractivity contribution in [3.8, 4) is 5.75 Å². The van der Waals surface area contributed by atoms with Crippen molar-refractivity contribution in [1.29, 1.82) is 0 Å². The first kappa shape index (κ1) is 22.9. The first-order valence-corrected chi connectivity index (χ1v) is 9.77. The van der Waals surface area contributed by atoms with Crippen LogP contribution in [0.2, 0.25) is 0 Å². The van der Waals surface area contributed by atoms with E-state index in [1.54, 1.807) is 18.2 Å². The number of aliphatic hydroxyl groups is 2. The minimum atomic E-state index is -1.16. The molecule has 1 aliphatic heterocycles. The van der Waals surface area contributed by atoms with Crippen LogP contribution in [0.5, 0.6) is 5.75 Å². The number of aliphatic hydroxyl groups excluding tert-OH is 2. The van der Waals surface area contributed by atoms with E-state index in [-0.39, 0.29) is 0 Å². The van der Waals surface area contributed by atoms with Gasteiger partial charge in [-0.05, 0) is 64.3 Å². The molecule has 0 unspecified atom stereocenters. The minimum Gasteiger partial charge on any atom is -0.485 e. The second-order valence-electron chi connectivity index (χ2n) is 7.99. The van der Waals surface area contributed by atoms with Gasteiger partial charge in [0.2, 0.25) is 0 Å². The molecule has 0 fully saturated rings. The highest BCUT2D eigenvalue weighted by molar-refractivity contribution is 5.97. The van der Waals surface area contributed by atoms with Crippen LogP contribution < -0.4 is 10.1 Å². The van der Waals surface area contributed by atoms with Crippen molar-refractivity contribution in [3.05, 3.63) is 41.0 Å².